The van der Waals surface area contributed by atoms with Gasteiger partial charge in [0, 0.05) is 18.6 Å². The minimum Gasteiger partial charge on any atom is -0.396 e. The van der Waals surface area contributed by atoms with Gasteiger partial charge in [-0.3, -0.25) is 0 Å². The molecule has 90 valence electrons. The zero-order valence-electron chi connectivity index (χ0n) is 9.77. The van der Waals surface area contributed by atoms with Crippen LogP contribution in [0.4, 0.5) is 14.5 Å². The van der Waals surface area contributed by atoms with E-state index in [2.05, 4.69) is 5.32 Å². The zero-order valence-corrected chi connectivity index (χ0v) is 9.77. The molecule has 0 atom stereocenters. The van der Waals surface area contributed by atoms with Gasteiger partial charge in [-0.25, -0.2) is 8.78 Å². The predicted octanol–water partition coefficient (Wildman–Crippen LogP) is 2.70. The van der Waals surface area contributed by atoms with E-state index < -0.39 is 17.0 Å². The summed E-state index contributed by atoms with van der Waals surface area (Å²) in [7, 11) is 0. The molecule has 0 fully saturated rings. The average Bonchev–Trinajstić information content (AvgIpc) is 2.24. The Morgan fingerprint density at radius 2 is 1.94 bits per heavy atom. The van der Waals surface area contributed by atoms with E-state index in [9.17, 15) is 8.78 Å². The van der Waals surface area contributed by atoms with E-state index in [1.165, 1.54) is 12.1 Å². The van der Waals surface area contributed by atoms with E-state index in [0.717, 1.165) is 0 Å². The summed E-state index contributed by atoms with van der Waals surface area (Å²) in [6, 6.07) is 2.62. The van der Waals surface area contributed by atoms with Crippen LogP contribution in [-0.4, -0.2) is 18.3 Å². The molecule has 0 unspecified atom stereocenters. The van der Waals surface area contributed by atoms with E-state index in [4.69, 9.17) is 5.11 Å². The van der Waals surface area contributed by atoms with Crippen LogP contribution in [0.1, 0.15) is 19.4 Å². The number of benzene rings is 1. The SMILES string of the molecule is Cc1ccc(F)c(NCC(C)(C)CO)c1F. The molecule has 0 aliphatic heterocycles. The number of hydrogen-bond donors (Lipinski definition) is 2. The molecule has 1 aromatic rings. The summed E-state index contributed by atoms with van der Waals surface area (Å²) < 4.78 is 26.9. The Kier molecular flexibility index (Phi) is 3.86. The van der Waals surface area contributed by atoms with Crippen LogP contribution in [0, 0.1) is 24.0 Å². The van der Waals surface area contributed by atoms with Gasteiger partial charge in [-0.05, 0) is 18.6 Å². The summed E-state index contributed by atoms with van der Waals surface area (Å²) in [4.78, 5) is 0. The fourth-order valence-corrected chi connectivity index (χ4v) is 1.20. The molecule has 2 nitrogen and oxygen atoms in total. The lowest BCUT2D eigenvalue weighted by Gasteiger charge is -2.23. The highest BCUT2D eigenvalue weighted by Gasteiger charge is 2.18. The third-order valence-electron chi connectivity index (χ3n) is 2.46. The van der Waals surface area contributed by atoms with E-state index in [1.54, 1.807) is 6.92 Å². The van der Waals surface area contributed by atoms with Gasteiger partial charge in [0.15, 0.2) is 5.82 Å². The maximum absolute atomic E-state index is 13.6. The Labute approximate surface area is 94.3 Å². The smallest absolute Gasteiger partial charge is 0.152 e. The Hall–Kier alpha value is -1.16. The Bertz CT molecular complexity index is 378. The maximum atomic E-state index is 13.6. The predicted molar refractivity (Wildman–Crippen MR) is 60.5 cm³/mol. The van der Waals surface area contributed by atoms with Gasteiger partial charge in [0.05, 0.1) is 0 Å². The summed E-state index contributed by atoms with van der Waals surface area (Å²) in [6.45, 7) is 5.46. The van der Waals surface area contributed by atoms with Gasteiger partial charge in [0.2, 0.25) is 0 Å². The summed E-state index contributed by atoms with van der Waals surface area (Å²) in [6.07, 6.45) is 0. The molecule has 0 aliphatic rings. The van der Waals surface area contributed by atoms with Gasteiger partial charge < -0.3 is 10.4 Å². The number of rotatable bonds is 4. The number of nitrogens with one attached hydrogen (secondary N) is 1. The molecule has 0 saturated heterocycles. The van der Waals surface area contributed by atoms with E-state index in [0.29, 0.717) is 12.1 Å². The zero-order chi connectivity index (χ0) is 12.3. The second-order valence-electron chi connectivity index (χ2n) is 4.73. The Balaban J connectivity index is 2.86. The summed E-state index contributed by atoms with van der Waals surface area (Å²) in [5, 5.41) is 11.7. The van der Waals surface area contributed by atoms with Crippen LogP contribution in [0.25, 0.3) is 0 Å². The molecule has 1 aromatic carbocycles. The molecule has 0 bridgehead atoms. The quantitative estimate of drug-likeness (QED) is 0.832. The summed E-state index contributed by atoms with van der Waals surface area (Å²) >= 11 is 0. The molecule has 1 rings (SSSR count). The number of aliphatic hydroxyl groups is 1. The van der Waals surface area contributed by atoms with Crippen LogP contribution < -0.4 is 5.32 Å². The van der Waals surface area contributed by atoms with Crippen LogP contribution >= 0.6 is 0 Å². The van der Waals surface area contributed by atoms with Gasteiger partial charge in [0.25, 0.3) is 0 Å². The van der Waals surface area contributed by atoms with Crippen molar-refractivity contribution < 1.29 is 13.9 Å². The number of halogens is 2. The monoisotopic (exact) mass is 229 g/mol. The van der Waals surface area contributed by atoms with Gasteiger partial charge in [-0.15, -0.1) is 0 Å². The van der Waals surface area contributed by atoms with Crippen LogP contribution in [0.15, 0.2) is 12.1 Å². The molecule has 2 N–H and O–H groups in total. The highest BCUT2D eigenvalue weighted by molar-refractivity contribution is 5.49. The van der Waals surface area contributed by atoms with E-state index >= 15 is 0 Å². The molecular weight excluding hydrogens is 212 g/mol. The summed E-state index contributed by atoms with van der Waals surface area (Å²) in [5.74, 6) is -1.19. The number of aliphatic hydroxyl groups excluding tert-OH is 1. The van der Waals surface area contributed by atoms with Gasteiger partial charge in [-0.1, -0.05) is 19.9 Å². The van der Waals surface area contributed by atoms with Crippen LogP contribution in [0.3, 0.4) is 0 Å². The Morgan fingerprint density at radius 3 is 2.50 bits per heavy atom. The lowest BCUT2D eigenvalue weighted by molar-refractivity contribution is 0.170. The second kappa shape index (κ2) is 4.78. The van der Waals surface area contributed by atoms with Gasteiger partial charge in [-0.2, -0.15) is 0 Å². The third kappa shape index (κ3) is 2.92. The fourth-order valence-electron chi connectivity index (χ4n) is 1.20. The maximum Gasteiger partial charge on any atom is 0.152 e. The Morgan fingerprint density at radius 1 is 1.31 bits per heavy atom. The third-order valence-corrected chi connectivity index (χ3v) is 2.46. The number of hydrogen-bond acceptors (Lipinski definition) is 2. The topological polar surface area (TPSA) is 32.3 Å². The molecule has 4 heteroatoms. The van der Waals surface area contributed by atoms with Crippen molar-refractivity contribution in [3.63, 3.8) is 0 Å². The summed E-state index contributed by atoms with van der Waals surface area (Å²) in [5.41, 5.74) is -0.143. The van der Waals surface area contributed by atoms with E-state index in [1.807, 2.05) is 13.8 Å². The first-order chi connectivity index (χ1) is 7.37. The first kappa shape index (κ1) is 12.9. The molecule has 0 aliphatic carbocycles. The van der Waals surface area contributed by atoms with Crippen molar-refractivity contribution in [2.75, 3.05) is 18.5 Å². The minimum absolute atomic E-state index is 0.0466. The molecule has 16 heavy (non-hydrogen) atoms. The molecule has 0 radical (unpaired) electrons. The lowest BCUT2D eigenvalue weighted by Crippen LogP contribution is -2.27. The van der Waals surface area contributed by atoms with E-state index in [-0.39, 0.29) is 12.3 Å². The van der Waals surface area contributed by atoms with Crippen molar-refractivity contribution in [2.24, 2.45) is 5.41 Å². The van der Waals surface area contributed by atoms with Crippen molar-refractivity contribution >= 4 is 5.69 Å². The molecule has 0 spiro atoms. The lowest BCUT2D eigenvalue weighted by atomic mass is 9.95. The van der Waals surface area contributed by atoms with Crippen LogP contribution in [-0.2, 0) is 0 Å². The van der Waals surface area contributed by atoms with Crippen LogP contribution in [0.5, 0.6) is 0 Å². The average molecular weight is 229 g/mol. The van der Waals surface area contributed by atoms with Crippen LogP contribution in [0.2, 0.25) is 0 Å². The van der Waals surface area contributed by atoms with Gasteiger partial charge >= 0.3 is 0 Å². The van der Waals surface area contributed by atoms with Crippen molar-refractivity contribution in [3.8, 4) is 0 Å². The second-order valence-corrected chi connectivity index (χ2v) is 4.73. The highest BCUT2D eigenvalue weighted by atomic mass is 19.1. The molecule has 0 aromatic heterocycles. The first-order valence-electron chi connectivity index (χ1n) is 5.17. The van der Waals surface area contributed by atoms with Crippen molar-refractivity contribution in [1.29, 1.82) is 0 Å². The highest BCUT2D eigenvalue weighted by Crippen LogP contribution is 2.23. The standard InChI is InChI=1S/C12H17F2NO/c1-8-4-5-9(13)11(10(8)14)15-6-12(2,3)7-16/h4-5,15-16H,6-7H2,1-3H3. The number of aryl methyl sites for hydroxylation is 1. The fraction of sp³-hybridized carbons (Fsp3) is 0.500. The molecular formula is C12H17F2NO. The first-order valence-corrected chi connectivity index (χ1v) is 5.17. The van der Waals surface area contributed by atoms with Crippen molar-refractivity contribution in [3.05, 3.63) is 29.3 Å². The minimum atomic E-state index is -0.614. The molecule has 0 heterocycles. The normalized spacial score (nSPS) is 11.6. The van der Waals surface area contributed by atoms with Gasteiger partial charge in [0.1, 0.15) is 11.5 Å². The largest absolute Gasteiger partial charge is 0.396 e. The van der Waals surface area contributed by atoms with Crippen molar-refractivity contribution in [1.82, 2.24) is 0 Å². The molecule has 0 amide bonds. The van der Waals surface area contributed by atoms with Crippen molar-refractivity contribution in [2.45, 2.75) is 20.8 Å². The number of anilines is 1. The molecule has 0 saturated carbocycles.